The van der Waals surface area contributed by atoms with Crippen molar-refractivity contribution in [2.24, 2.45) is 4.99 Å². The number of fused-ring (bicyclic) bond motifs is 5. The molecule has 1 aliphatic carbocycles. The van der Waals surface area contributed by atoms with Gasteiger partial charge < -0.3 is 5.32 Å². The summed E-state index contributed by atoms with van der Waals surface area (Å²) in [6.45, 7) is 0.524. The van der Waals surface area contributed by atoms with Crippen LogP contribution < -0.4 is 10.2 Å². The number of aliphatic imine (C=N–C) groups is 1. The highest BCUT2D eigenvalue weighted by Gasteiger charge is 2.49. The molecule has 2 aromatic heterocycles. The fraction of sp³-hybridized carbons (Fsp3) is 0.241. The Kier molecular flexibility index (Phi) is 5.06. The predicted molar refractivity (Wildman–Crippen MR) is 144 cm³/mol. The molecule has 37 heavy (non-hydrogen) atoms. The van der Waals surface area contributed by atoms with E-state index >= 15 is 0 Å². The highest BCUT2D eigenvalue weighted by molar-refractivity contribution is 6.21. The van der Waals surface area contributed by atoms with Crippen LogP contribution in [0.1, 0.15) is 35.2 Å². The summed E-state index contributed by atoms with van der Waals surface area (Å²) in [5, 5.41) is 8.56. The van der Waals surface area contributed by atoms with Crippen molar-refractivity contribution in [2.75, 3.05) is 17.3 Å². The number of hydrogen-bond acceptors (Lipinski definition) is 6. The normalized spacial score (nSPS) is 19.9. The minimum Gasteiger partial charge on any atom is -0.340 e. The minimum atomic E-state index is -0.0832. The van der Waals surface area contributed by atoms with Crippen LogP contribution in [0.5, 0.6) is 0 Å². The number of hydrogen-bond donors (Lipinski definition) is 1. The Balaban J connectivity index is 1.30. The van der Waals surface area contributed by atoms with Gasteiger partial charge in [0.25, 0.3) is 5.91 Å². The molecule has 1 amide bonds. The van der Waals surface area contributed by atoms with E-state index in [1.165, 1.54) is 0 Å². The molecule has 3 aliphatic rings. The Morgan fingerprint density at radius 2 is 1.78 bits per heavy atom. The second-order valence-electron chi connectivity index (χ2n) is 9.84. The quantitative estimate of drug-likeness (QED) is 0.431. The lowest BCUT2D eigenvalue weighted by Crippen LogP contribution is -2.51. The zero-order valence-corrected chi connectivity index (χ0v) is 20.6. The standard InChI is InChI=1S/C29H27N7O/c1-34-28(37)25-26(31-21-8-3-2-4-9-21)35(33-27(25)36-24-12-7-11-23(24)32-29(34)36)18-19-13-15-20(16-14-19)22-10-5-6-17-30-22/h2-6,8-10,13-17,23-24,31H,7,11-12,18H2,1H3/t23-,24+/m0/s1. The summed E-state index contributed by atoms with van der Waals surface area (Å²) in [5.41, 5.74) is 4.60. The molecular formula is C29H27N7O. The van der Waals surface area contributed by atoms with Gasteiger partial charge in [0.05, 0.1) is 24.3 Å². The second kappa shape index (κ2) is 8.58. The zero-order valence-electron chi connectivity index (χ0n) is 20.6. The zero-order chi connectivity index (χ0) is 24.9. The van der Waals surface area contributed by atoms with Crippen LogP contribution in [0.4, 0.5) is 17.3 Å². The molecule has 4 heterocycles. The predicted octanol–water partition coefficient (Wildman–Crippen LogP) is 4.92. The van der Waals surface area contributed by atoms with Gasteiger partial charge in [-0.25, -0.2) is 9.67 Å². The molecule has 0 spiro atoms. The molecule has 2 aromatic carbocycles. The summed E-state index contributed by atoms with van der Waals surface area (Å²) >= 11 is 0. The number of anilines is 3. The maximum absolute atomic E-state index is 13.7. The number of carbonyl (C=O) groups is 1. The highest BCUT2D eigenvalue weighted by Crippen LogP contribution is 2.43. The van der Waals surface area contributed by atoms with Gasteiger partial charge in [-0.3, -0.25) is 19.6 Å². The van der Waals surface area contributed by atoms with Gasteiger partial charge >= 0.3 is 0 Å². The Hall–Kier alpha value is -4.46. The highest BCUT2D eigenvalue weighted by atomic mass is 16.2. The Labute approximate surface area is 215 Å². The molecule has 1 N–H and O–H groups in total. The number of rotatable bonds is 5. The summed E-state index contributed by atoms with van der Waals surface area (Å²) < 4.78 is 1.92. The van der Waals surface area contributed by atoms with Gasteiger partial charge in [0.2, 0.25) is 5.96 Å². The van der Waals surface area contributed by atoms with E-state index < -0.39 is 0 Å². The Morgan fingerprint density at radius 3 is 2.57 bits per heavy atom. The van der Waals surface area contributed by atoms with Crippen molar-refractivity contribution in [3.05, 3.63) is 90.1 Å². The van der Waals surface area contributed by atoms with Crippen LogP contribution in [0, 0.1) is 0 Å². The summed E-state index contributed by atoms with van der Waals surface area (Å²) in [6.07, 6.45) is 5.06. The Morgan fingerprint density at radius 1 is 0.973 bits per heavy atom. The van der Waals surface area contributed by atoms with E-state index in [0.717, 1.165) is 47.7 Å². The van der Waals surface area contributed by atoms with Crippen LogP contribution in [-0.2, 0) is 6.54 Å². The first kappa shape index (κ1) is 21.8. The average Bonchev–Trinajstić information content (AvgIpc) is 3.63. The first-order chi connectivity index (χ1) is 18.2. The van der Waals surface area contributed by atoms with Gasteiger partial charge in [-0.1, -0.05) is 48.5 Å². The van der Waals surface area contributed by atoms with Crippen molar-refractivity contribution < 1.29 is 4.79 Å². The number of nitrogens with zero attached hydrogens (tertiary/aromatic N) is 6. The van der Waals surface area contributed by atoms with Crippen LogP contribution in [0.3, 0.4) is 0 Å². The van der Waals surface area contributed by atoms with Crippen LogP contribution in [0.2, 0.25) is 0 Å². The summed E-state index contributed by atoms with van der Waals surface area (Å²) in [6, 6.07) is 24.7. The van der Waals surface area contributed by atoms with Crippen molar-refractivity contribution in [1.82, 2.24) is 19.7 Å². The van der Waals surface area contributed by atoms with E-state index in [-0.39, 0.29) is 18.0 Å². The minimum absolute atomic E-state index is 0.0832. The van der Waals surface area contributed by atoms with Crippen molar-refractivity contribution in [2.45, 2.75) is 37.9 Å². The number of aromatic nitrogens is 3. The lowest BCUT2D eigenvalue weighted by molar-refractivity contribution is 0.0866. The van der Waals surface area contributed by atoms with Crippen LogP contribution in [-0.4, -0.2) is 50.7 Å². The smallest absolute Gasteiger partial charge is 0.267 e. The van der Waals surface area contributed by atoms with Gasteiger partial charge in [0, 0.05) is 24.5 Å². The topological polar surface area (TPSA) is 78.7 Å². The third-order valence-electron chi connectivity index (χ3n) is 7.54. The number of para-hydroxylation sites is 1. The maximum Gasteiger partial charge on any atom is 0.267 e. The summed E-state index contributed by atoms with van der Waals surface area (Å²) in [5.74, 6) is 2.05. The molecule has 1 saturated carbocycles. The van der Waals surface area contributed by atoms with Crippen LogP contribution in [0.15, 0.2) is 84.0 Å². The van der Waals surface area contributed by atoms with Gasteiger partial charge in [-0.2, -0.15) is 5.10 Å². The summed E-state index contributed by atoms with van der Waals surface area (Å²) in [4.78, 5) is 26.9. The lowest BCUT2D eigenvalue weighted by atomic mass is 10.1. The lowest BCUT2D eigenvalue weighted by Gasteiger charge is -2.34. The molecule has 0 saturated heterocycles. The Bertz CT molecular complexity index is 1490. The summed E-state index contributed by atoms with van der Waals surface area (Å²) in [7, 11) is 1.82. The van der Waals surface area contributed by atoms with Crippen molar-refractivity contribution in [3.63, 3.8) is 0 Å². The molecule has 1 fully saturated rings. The molecule has 8 nitrogen and oxygen atoms in total. The largest absolute Gasteiger partial charge is 0.340 e. The number of benzene rings is 2. The van der Waals surface area contributed by atoms with Gasteiger partial charge in [0.15, 0.2) is 5.82 Å². The van der Waals surface area contributed by atoms with Gasteiger partial charge in [-0.05, 0) is 49.1 Å². The number of nitrogens with one attached hydrogen (secondary N) is 1. The third-order valence-corrected chi connectivity index (χ3v) is 7.54. The van der Waals surface area contributed by atoms with Crippen molar-refractivity contribution in [3.8, 4) is 11.3 Å². The molecule has 0 bridgehead atoms. The van der Waals surface area contributed by atoms with E-state index in [9.17, 15) is 4.79 Å². The number of pyridine rings is 1. The molecule has 4 aromatic rings. The van der Waals surface area contributed by atoms with Crippen molar-refractivity contribution in [1.29, 1.82) is 0 Å². The molecular weight excluding hydrogens is 462 g/mol. The number of amides is 1. The fourth-order valence-corrected chi connectivity index (χ4v) is 5.69. The van der Waals surface area contributed by atoms with Gasteiger partial charge in [0.1, 0.15) is 11.4 Å². The second-order valence-corrected chi connectivity index (χ2v) is 9.84. The van der Waals surface area contributed by atoms with E-state index in [0.29, 0.717) is 23.7 Å². The molecule has 2 aliphatic heterocycles. The monoisotopic (exact) mass is 489 g/mol. The number of guanidine groups is 1. The van der Waals surface area contributed by atoms with Crippen molar-refractivity contribution >= 4 is 29.2 Å². The molecule has 8 heteroatoms. The van der Waals surface area contributed by atoms with E-state index in [4.69, 9.17) is 10.1 Å². The van der Waals surface area contributed by atoms with Gasteiger partial charge in [-0.15, -0.1) is 0 Å². The third kappa shape index (κ3) is 3.59. The van der Waals surface area contributed by atoms with Crippen LogP contribution in [0.25, 0.3) is 11.3 Å². The first-order valence-corrected chi connectivity index (χ1v) is 12.8. The molecule has 184 valence electrons. The van der Waals surface area contributed by atoms with E-state index in [2.05, 4.69) is 39.5 Å². The van der Waals surface area contributed by atoms with E-state index in [1.54, 1.807) is 11.1 Å². The molecule has 0 unspecified atom stereocenters. The van der Waals surface area contributed by atoms with Crippen LogP contribution >= 0.6 is 0 Å². The molecule has 2 atom stereocenters. The van der Waals surface area contributed by atoms with E-state index in [1.807, 2.05) is 60.3 Å². The fourth-order valence-electron chi connectivity index (χ4n) is 5.69. The molecule has 0 radical (unpaired) electrons. The maximum atomic E-state index is 13.7. The average molecular weight is 490 g/mol. The SMILES string of the molecule is CN1C(=O)c2c(nn(Cc3ccc(-c4ccccn4)cc3)c2Nc2ccccc2)N2C1=N[C@H]1CCC[C@H]12. The number of carbonyl (C=O) groups excluding carboxylic acids is 1. The molecule has 7 rings (SSSR count). The first-order valence-electron chi connectivity index (χ1n) is 12.8.